The second kappa shape index (κ2) is 4.62. The van der Waals surface area contributed by atoms with Gasteiger partial charge < -0.3 is 10.4 Å². The van der Waals surface area contributed by atoms with Crippen molar-refractivity contribution in [1.29, 1.82) is 0 Å². The van der Waals surface area contributed by atoms with E-state index in [0.717, 1.165) is 24.9 Å². The quantitative estimate of drug-likeness (QED) is 0.845. The van der Waals surface area contributed by atoms with E-state index in [2.05, 4.69) is 16.3 Å². The molecule has 1 saturated heterocycles. The predicted octanol–water partition coefficient (Wildman–Crippen LogP) is 1.40. The Bertz CT molecular complexity index is 495. The molecule has 0 bridgehead atoms. The minimum atomic E-state index is -0.584. The summed E-state index contributed by atoms with van der Waals surface area (Å²) >= 11 is 0. The average Bonchev–Trinajstić information content (AvgIpc) is 2.53. The first-order valence-electron chi connectivity index (χ1n) is 6.96. The van der Waals surface area contributed by atoms with E-state index >= 15 is 0 Å². The van der Waals surface area contributed by atoms with Crippen molar-refractivity contribution in [1.82, 2.24) is 4.90 Å². The molecular formula is C15H20N2O2. The van der Waals surface area contributed by atoms with Gasteiger partial charge in [-0.2, -0.15) is 0 Å². The fourth-order valence-corrected chi connectivity index (χ4v) is 3.00. The number of carbonyl (C=O) groups excluding carboxylic acids is 1. The summed E-state index contributed by atoms with van der Waals surface area (Å²) in [5, 5.41) is 13.1. The van der Waals surface area contributed by atoms with Crippen molar-refractivity contribution in [2.45, 2.75) is 37.8 Å². The Morgan fingerprint density at radius 1 is 1.42 bits per heavy atom. The normalized spacial score (nSPS) is 26.0. The fourth-order valence-electron chi connectivity index (χ4n) is 3.00. The van der Waals surface area contributed by atoms with E-state index in [1.807, 2.05) is 25.1 Å². The second-order valence-corrected chi connectivity index (χ2v) is 5.68. The number of para-hydroxylation sites is 1. The van der Waals surface area contributed by atoms with Crippen LogP contribution in [0.25, 0.3) is 0 Å². The zero-order chi connectivity index (χ0) is 13.5. The van der Waals surface area contributed by atoms with Gasteiger partial charge in [0.1, 0.15) is 0 Å². The number of carbonyl (C=O) groups is 1. The Balaban J connectivity index is 1.72. The van der Waals surface area contributed by atoms with Crippen molar-refractivity contribution in [2.24, 2.45) is 0 Å². The van der Waals surface area contributed by atoms with Crippen LogP contribution in [-0.4, -0.2) is 40.6 Å². The molecule has 102 valence electrons. The number of benzene rings is 1. The van der Waals surface area contributed by atoms with Gasteiger partial charge in [0.15, 0.2) is 0 Å². The molecule has 19 heavy (non-hydrogen) atoms. The number of nitrogens with zero attached hydrogens (tertiary/aromatic N) is 1. The minimum absolute atomic E-state index is 0.0584. The average molecular weight is 260 g/mol. The number of rotatable bonds is 2. The second-order valence-electron chi connectivity index (χ2n) is 5.68. The van der Waals surface area contributed by atoms with Crippen LogP contribution in [0.1, 0.15) is 25.3 Å². The molecule has 4 nitrogen and oxygen atoms in total. The zero-order valence-electron chi connectivity index (χ0n) is 11.2. The van der Waals surface area contributed by atoms with Gasteiger partial charge in [0.25, 0.3) is 0 Å². The summed E-state index contributed by atoms with van der Waals surface area (Å²) < 4.78 is 0. The molecule has 1 fully saturated rings. The molecule has 1 atom stereocenters. The molecule has 3 rings (SSSR count). The van der Waals surface area contributed by atoms with Crippen molar-refractivity contribution in [3.05, 3.63) is 29.8 Å². The molecular weight excluding hydrogens is 240 g/mol. The third kappa shape index (κ3) is 2.26. The maximum absolute atomic E-state index is 12.3. The van der Waals surface area contributed by atoms with Crippen LogP contribution in [0.2, 0.25) is 0 Å². The molecule has 2 N–H and O–H groups in total. The molecule has 0 radical (unpaired) electrons. The smallest absolute Gasteiger partial charge is 0.241 e. The molecule has 2 heterocycles. The topological polar surface area (TPSA) is 52.6 Å². The first-order chi connectivity index (χ1) is 9.11. The van der Waals surface area contributed by atoms with E-state index in [4.69, 9.17) is 0 Å². The highest BCUT2D eigenvalue weighted by Crippen LogP contribution is 2.30. The van der Waals surface area contributed by atoms with Gasteiger partial charge >= 0.3 is 0 Å². The summed E-state index contributed by atoms with van der Waals surface area (Å²) in [5.41, 5.74) is 1.55. The molecule has 0 saturated carbocycles. The van der Waals surface area contributed by atoms with E-state index in [1.54, 1.807) is 0 Å². The van der Waals surface area contributed by atoms with Gasteiger partial charge in [-0.15, -0.1) is 0 Å². The largest absolute Gasteiger partial charge is 0.387 e. The third-order valence-corrected chi connectivity index (χ3v) is 4.36. The summed E-state index contributed by atoms with van der Waals surface area (Å²) in [6.45, 7) is 3.20. The summed E-state index contributed by atoms with van der Waals surface area (Å²) in [4.78, 5) is 14.4. The number of hydrogen-bond donors (Lipinski definition) is 2. The Hall–Kier alpha value is -1.39. The van der Waals surface area contributed by atoms with Crippen molar-refractivity contribution >= 4 is 11.6 Å². The van der Waals surface area contributed by atoms with E-state index in [-0.39, 0.29) is 11.9 Å². The number of hydrogen-bond acceptors (Lipinski definition) is 3. The maximum atomic E-state index is 12.3. The Morgan fingerprint density at radius 3 is 2.89 bits per heavy atom. The summed E-state index contributed by atoms with van der Waals surface area (Å²) in [5.74, 6) is 0.0584. The Morgan fingerprint density at radius 2 is 2.16 bits per heavy atom. The van der Waals surface area contributed by atoms with Crippen molar-refractivity contribution in [3.63, 3.8) is 0 Å². The van der Waals surface area contributed by atoms with Gasteiger partial charge in [0.2, 0.25) is 5.91 Å². The van der Waals surface area contributed by atoms with Gasteiger partial charge in [-0.3, -0.25) is 9.69 Å². The summed E-state index contributed by atoms with van der Waals surface area (Å²) in [6, 6.07) is 7.85. The van der Waals surface area contributed by atoms with E-state index in [0.29, 0.717) is 13.1 Å². The van der Waals surface area contributed by atoms with Gasteiger partial charge in [-0.1, -0.05) is 25.1 Å². The van der Waals surface area contributed by atoms with Crippen LogP contribution >= 0.6 is 0 Å². The van der Waals surface area contributed by atoms with Gasteiger partial charge in [-0.25, -0.2) is 0 Å². The Kier molecular flexibility index (Phi) is 3.07. The van der Waals surface area contributed by atoms with Gasteiger partial charge in [0.05, 0.1) is 11.6 Å². The van der Waals surface area contributed by atoms with Crippen molar-refractivity contribution < 1.29 is 9.90 Å². The SMILES string of the molecule is CCC1(O)CN(C2CCc3ccccc3NC2=O)C1. The van der Waals surface area contributed by atoms with Crippen molar-refractivity contribution in [3.8, 4) is 0 Å². The maximum Gasteiger partial charge on any atom is 0.241 e. The highest BCUT2D eigenvalue weighted by Gasteiger charge is 2.44. The van der Waals surface area contributed by atoms with E-state index < -0.39 is 5.60 Å². The van der Waals surface area contributed by atoms with Gasteiger partial charge in [0, 0.05) is 18.8 Å². The molecule has 2 aliphatic rings. The van der Waals surface area contributed by atoms with Crippen LogP contribution in [0.5, 0.6) is 0 Å². The standard InChI is InChI=1S/C15H20N2O2/c1-2-15(19)9-17(10-15)13-8-7-11-5-3-4-6-12(11)16-14(13)18/h3-6,13,19H,2,7-10H2,1H3,(H,16,18). The summed E-state index contributed by atoms with van der Waals surface area (Å²) in [6.07, 6.45) is 2.47. The first kappa shape index (κ1) is 12.6. The number of nitrogens with one attached hydrogen (secondary N) is 1. The molecule has 1 amide bonds. The number of likely N-dealkylation sites (tertiary alicyclic amines) is 1. The summed E-state index contributed by atoms with van der Waals surface area (Å²) in [7, 11) is 0. The molecule has 0 aromatic heterocycles. The number of fused-ring (bicyclic) bond motifs is 1. The molecule has 1 aromatic carbocycles. The molecule has 1 unspecified atom stereocenters. The van der Waals surface area contributed by atoms with E-state index in [1.165, 1.54) is 5.56 Å². The number of aryl methyl sites for hydroxylation is 1. The highest BCUT2D eigenvalue weighted by atomic mass is 16.3. The molecule has 4 heteroatoms. The number of amides is 1. The van der Waals surface area contributed by atoms with Crippen molar-refractivity contribution in [2.75, 3.05) is 18.4 Å². The molecule has 1 aromatic rings. The van der Waals surface area contributed by atoms with E-state index in [9.17, 15) is 9.90 Å². The van der Waals surface area contributed by atoms with Crippen LogP contribution < -0.4 is 5.32 Å². The zero-order valence-corrected chi connectivity index (χ0v) is 11.2. The lowest BCUT2D eigenvalue weighted by Gasteiger charge is -2.49. The number of anilines is 1. The lowest BCUT2D eigenvalue weighted by Crippen LogP contribution is -2.66. The Labute approximate surface area is 113 Å². The van der Waals surface area contributed by atoms with Crippen LogP contribution in [0.4, 0.5) is 5.69 Å². The van der Waals surface area contributed by atoms with Crippen LogP contribution in [0.3, 0.4) is 0 Å². The molecule has 0 aliphatic carbocycles. The first-order valence-corrected chi connectivity index (χ1v) is 6.96. The van der Waals surface area contributed by atoms with Crippen LogP contribution in [0, 0.1) is 0 Å². The molecule has 2 aliphatic heterocycles. The molecule has 0 spiro atoms. The number of aliphatic hydroxyl groups is 1. The third-order valence-electron chi connectivity index (χ3n) is 4.36. The van der Waals surface area contributed by atoms with Crippen LogP contribution in [0.15, 0.2) is 24.3 Å². The monoisotopic (exact) mass is 260 g/mol. The highest BCUT2D eigenvalue weighted by molar-refractivity contribution is 5.96. The minimum Gasteiger partial charge on any atom is -0.387 e. The van der Waals surface area contributed by atoms with Crippen LogP contribution in [-0.2, 0) is 11.2 Å². The number of β-amino-alcohol motifs (C(OH)–C–C–N with tert-alkyl or cyclic N) is 1. The fraction of sp³-hybridized carbons (Fsp3) is 0.533. The predicted molar refractivity (Wildman–Crippen MR) is 74.0 cm³/mol. The lowest BCUT2D eigenvalue weighted by molar-refractivity contribution is -0.140. The lowest BCUT2D eigenvalue weighted by atomic mass is 9.88. The van der Waals surface area contributed by atoms with Gasteiger partial charge in [-0.05, 0) is 30.9 Å².